The van der Waals surface area contributed by atoms with Gasteiger partial charge in [-0.2, -0.15) is 0 Å². The van der Waals surface area contributed by atoms with E-state index in [1.54, 1.807) is 18.2 Å². The number of rotatable bonds is 5. The lowest BCUT2D eigenvalue weighted by atomic mass is 9.97. The third kappa shape index (κ3) is 4.04. The molecule has 1 aromatic heterocycles. The molecule has 0 fully saturated rings. The Kier molecular flexibility index (Phi) is 5.00. The van der Waals surface area contributed by atoms with Crippen molar-refractivity contribution >= 4 is 32.9 Å². The van der Waals surface area contributed by atoms with E-state index in [2.05, 4.69) is 47.0 Å². The smallest absolute Gasteiger partial charge is 0.335 e. The molecule has 0 radical (unpaired) electrons. The molecule has 2 aromatic carbocycles. The van der Waals surface area contributed by atoms with Gasteiger partial charge in [0.2, 0.25) is 0 Å². The zero-order valence-corrected chi connectivity index (χ0v) is 16.4. The first-order valence-corrected chi connectivity index (χ1v) is 9.01. The van der Waals surface area contributed by atoms with Crippen molar-refractivity contribution in [1.82, 2.24) is 15.0 Å². The van der Waals surface area contributed by atoms with E-state index in [4.69, 9.17) is 9.84 Å². The number of aromatic carboxylic acids is 1. The van der Waals surface area contributed by atoms with Gasteiger partial charge in [0, 0.05) is 6.54 Å². The Bertz CT molecular complexity index is 960. The molecule has 7 heteroatoms. The van der Waals surface area contributed by atoms with Crippen LogP contribution in [0.3, 0.4) is 0 Å². The van der Waals surface area contributed by atoms with Gasteiger partial charge in [-0.3, -0.25) is 0 Å². The summed E-state index contributed by atoms with van der Waals surface area (Å²) in [5.41, 5.74) is 2.80. The second-order valence-corrected chi connectivity index (χ2v) is 8.14. The molecule has 0 atom stereocenters. The van der Waals surface area contributed by atoms with Gasteiger partial charge in [-0.15, -0.1) is 5.10 Å². The van der Waals surface area contributed by atoms with Gasteiger partial charge in [0.15, 0.2) is 0 Å². The minimum atomic E-state index is -0.954. The number of fused-ring (bicyclic) bond motifs is 1. The number of carboxylic acid groups (broad SMARTS) is 1. The molecular formula is C19H20BrN3O3. The first-order valence-electron chi connectivity index (χ1n) is 8.21. The van der Waals surface area contributed by atoms with Crippen molar-refractivity contribution in [2.75, 3.05) is 0 Å². The van der Waals surface area contributed by atoms with Gasteiger partial charge < -0.3 is 9.84 Å². The number of ether oxygens (including phenoxy) is 1. The van der Waals surface area contributed by atoms with E-state index in [9.17, 15) is 4.79 Å². The van der Waals surface area contributed by atoms with E-state index in [1.165, 1.54) is 0 Å². The van der Waals surface area contributed by atoms with Gasteiger partial charge >= 0.3 is 5.97 Å². The maximum absolute atomic E-state index is 11.1. The first-order chi connectivity index (χ1) is 12.2. The summed E-state index contributed by atoms with van der Waals surface area (Å²) in [5, 5.41) is 17.6. The zero-order valence-electron chi connectivity index (χ0n) is 14.9. The highest BCUT2D eigenvalue weighted by atomic mass is 79.9. The molecule has 3 rings (SSSR count). The van der Waals surface area contributed by atoms with Crippen molar-refractivity contribution in [1.29, 1.82) is 0 Å². The van der Waals surface area contributed by atoms with E-state index in [1.807, 2.05) is 22.9 Å². The monoisotopic (exact) mass is 417 g/mol. The molecule has 6 nitrogen and oxygen atoms in total. The van der Waals surface area contributed by atoms with Crippen molar-refractivity contribution in [3.8, 4) is 5.75 Å². The number of nitrogens with zero attached hydrogens (tertiary/aromatic N) is 3. The average molecular weight is 418 g/mol. The molecule has 26 heavy (non-hydrogen) atoms. The normalized spacial score (nSPS) is 11.7. The van der Waals surface area contributed by atoms with Crippen molar-refractivity contribution in [3.05, 3.63) is 52.0 Å². The predicted octanol–water partition coefficient (Wildman–Crippen LogP) is 4.52. The second-order valence-electron chi connectivity index (χ2n) is 7.35. The van der Waals surface area contributed by atoms with Crippen molar-refractivity contribution in [2.24, 2.45) is 5.41 Å². The third-order valence-corrected chi connectivity index (χ3v) is 4.55. The Labute approximate surface area is 159 Å². The lowest BCUT2D eigenvalue weighted by Crippen LogP contribution is -2.16. The van der Waals surface area contributed by atoms with Crippen LogP contribution in [0.1, 0.15) is 36.7 Å². The van der Waals surface area contributed by atoms with Gasteiger partial charge in [-0.05, 0) is 51.2 Å². The lowest BCUT2D eigenvalue weighted by Gasteiger charge is -2.18. The number of benzene rings is 2. The summed E-state index contributed by atoms with van der Waals surface area (Å²) in [6.45, 7) is 7.48. The van der Waals surface area contributed by atoms with Crippen LogP contribution in [0.25, 0.3) is 11.0 Å². The molecule has 1 N–H and O–H groups in total. The highest BCUT2D eigenvalue weighted by Gasteiger charge is 2.17. The molecule has 0 aliphatic rings. The largest absolute Gasteiger partial charge is 0.488 e. The standard InChI is InChI=1S/C19H20BrN3O3/c1-19(2,3)11-23-14-7-8-15(16(20)17(14)21-22-23)26-10-12-5-4-6-13(9-12)18(24)25/h4-9H,10-11H2,1-3H3,(H,24,25). The molecule has 0 aliphatic heterocycles. The molecule has 0 unspecified atom stereocenters. The molecule has 0 bridgehead atoms. The van der Waals surface area contributed by atoms with Crippen LogP contribution < -0.4 is 4.74 Å². The van der Waals surface area contributed by atoms with E-state index in [-0.39, 0.29) is 17.6 Å². The topological polar surface area (TPSA) is 77.2 Å². The summed E-state index contributed by atoms with van der Waals surface area (Å²) in [7, 11) is 0. The Morgan fingerprint density at radius 2 is 2.04 bits per heavy atom. The number of hydrogen-bond acceptors (Lipinski definition) is 4. The second kappa shape index (κ2) is 7.07. The number of aromatic nitrogens is 3. The summed E-state index contributed by atoms with van der Waals surface area (Å²) in [6, 6.07) is 10.5. The molecule has 0 spiro atoms. The Hall–Kier alpha value is -2.41. The first kappa shape index (κ1) is 18.4. The van der Waals surface area contributed by atoms with E-state index < -0.39 is 5.97 Å². The molecule has 0 saturated heterocycles. The summed E-state index contributed by atoms with van der Waals surface area (Å²) < 4.78 is 8.49. The van der Waals surface area contributed by atoms with Gasteiger partial charge in [0.05, 0.1) is 15.6 Å². The number of carboxylic acids is 1. The fourth-order valence-corrected chi connectivity index (χ4v) is 3.15. The Morgan fingerprint density at radius 1 is 1.27 bits per heavy atom. The predicted molar refractivity (Wildman–Crippen MR) is 102 cm³/mol. The number of carbonyl (C=O) groups is 1. The van der Waals surface area contributed by atoms with Crippen LogP contribution >= 0.6 is 15.9 Å². The molecular weight excluding hydrogens is 398 g/mol. The average Bonchev–Trinajstić information content (AvgIpc) is 2.96. The van der Waals surface area contributed by atoms with Crippen LogP contribution in [-0.4, -0.2) is 26.1 Å². The van der Waals surface area contributed by atoms with Gasteiger partial charge in [0.1, 0.15) is 17.9 Å². The third-order valence-electron chi connectivity index (χ3n) is 3.78. The Balaban J connectivity index is 1.82. The van der Waals surface area contributed by atoms with Crippen LogP contribution in [-0.2, 0) is 13.2 Å². The van der Waals surface area contributed by atoms with Gasteiger partial charge in [0.25, 0.3) is 0 Å². The van der Waals surface area contributed by atoms with Crippen LogP contribution in [0, 0.1) is 5.41 Å². The summed E-state index contributed by atoms with van der Waals surface area (Å²) in [5.74, 6) is -0.314. The molecule has 0 saturated carbocycles. The van der Waals surface area contributed by atoms with Crippen LogP contribution in [0.15, 0.2) is 40.9 Å². The number of hydrogen-bond donors (Lipinski definition) is 1. The maximum atomic E-state index is 11.1. The fourth-order valence-electron chi connectivity index (χ4n) is 2.62. The van der Waals surface area contributed by atoms with Crippen LogP contribution in [0.2, 0.25) is 0 Å². The van der Waals surface area contributed by atoms with E-state index >= 15 is 0 Å². The van der Waals surface area contributed by atoms with Crippen molar-refractivity contribution in [3.63, 3.8) is 0 Å². The Morgan fingerprint density at radius 3 is 2.73 bits per heavy atom. The van der Waals surface area contributed by atoms with Crippen molar-refractivity contribution in [2.45, 2.75) is 33.9 Å². The van der Waals surface area contributed by atoms with E-state index in [0.29, 0.717) is 5.75 Å². The molecule has 3 aromatic rings. The lowest BCUT2D eigenvalue weighted by molar-refractivity contribution is 0.0696. The molecule has 0 aliphatic carbocycles. The number of halogens is 1. The quantitative estimate of drug-likeness (QED) is 0.660. The highest BCUT2D eigenvalue weighted by molar-refractivity contribution is 9.10. The summed E-state index contributed by atoms with van der Waals surface area (Å²) in [6.07, 6.45) is 0. The van der Waals surface area contributed by atoms with Crippen LogP contribution in [0.4, 0.5) is 0 Å². The minimum Gasteiger partial charge on any atom is -0.488 e. The van der Waals surface area contributed by atoms with Crippen molar-refractivity contribution < 1.29 is 14.6 Å². The fraction of sp³-hybridized carbons (Fsp3) is 0.316. The molecule has 0 amide bonds. The zero-order chi connectivity index (χ0) is 18.9. The summed E-state index contributed by atoms with van der Waals surface area (Å²) >= 11 is 3.55. The van der Waals surface area contributed by atoms with Gasteiger partial charge in [-0.1, -0.05) is 38.1 Å². The van der Waals surface area contributed by atoms with E-state index in [0.717, 1.165) is 27.6 Å². The highest BCUT2D eigenvalue weighted by Crippen LogP contribution is 2.33. The maximum Gasteiger partial charge on any atom is 0.335 e. The molecule has 1 heterocycles. The SMILES string of the molecule is CC(C)(C)Cn1nnc2c(Br)c(OCc3cccc(C(=O)O)c3)ccc21. The minimum absolute atomic E-state index is 0.0947. The summed E-state index contributed by atoms with van der Waals surface area (Å²) in [4.78, 5) is 11.1. The van der Waals surface area contributed by atoms with Crippen LogP contribution in [0.5, 0.6) is 5.75 Å². The van der Waals surface area contributed by atoms with Gasteiger partial charge in [-0.25, -0.2) is 9.48 Å². The molecule has 136 valence electrons.